The fraction of sp³-hybridized carbons (Fsp3) is 0.353. The molecule has 3 N–H and O–H groups in total. The number of aliphatic carboxylic acids is 1. The predicted octanol–water partition coefficient (Wildman–Crippen LogP) is 1.60. The second kappa shape index (κ2) is 10.9. The number of nitriles is 1. The lowest BCUT2D eigenvalue weighted by atomic mass is 10.1. The molecule has 1 rings (SSSR count). The minimum atomic E-state index is -0.907. The maximum Gasteiger partial charge on any atom is 0.303 e. The van der Waals surface area contributed by atoms with Crippen molar-refractivity contribution in [3.63, 3.8) is 0 Å². The van der Waals surface area contributed by atoms with Crippen LogP contribution in [0.5, 0.6) is 0 Å². The van der Waals surface area contributed by atoms with Crippen molar-refractivity contribution in [1.82, 2.24) is 10.6 Å². The summed E-state index contributed by atoms with van der Waals surface area (Å²) in [6, 6.07) is 11.9. The lowest BCUT2D eigenvalue weighted by Gasteiger charge is -2.05. The zero-order chi connectivity index (χ0) is 16.9. The van der Waals surface area contributed by atoms with Gasteiger partial charge in [0.15, 0.2) is 0 Å². The average molecular weight is 315 g/mol. The molecule has 0 radical (unpaired) electrons. The van der Waals surface area contributed by atoms with E-state index < -0.39 is 11.9 Å². The van der Waals surface area contributed by atoms with Crippen molar-refractivity contribution in [2.75, 3.05) is 13.1 Å². The van der Waals surface area contributed by atoms with E-state index in [1.807, 2.05) is 24.3 Å². The maximum atomic E-state index is 11.7. The van der Waals surface area contributed by atoms with Gasteiger partial charge in [-0.05, 0) is 24.8 Å². The average Bonchev–Trinajstić information content (AvgIpc) is 2.55. The molecule has 0 aromatic heterocycles. The number of carbonyl (C=O) groups is 2. The summed E-state index contributed by atoms with van der Waals surface area (Å²) in [5.41, 5.74) is 1.23. The summed E-state index contributed by atoms with van der Waals surface area (Å²) < 4.78 is 0. The molecule has 23 heavy (non-hydrogen) atoms. The number of nitrogens with one attached hydrogen (secondary N) is 2. The molecule has 0 saturated carbocycles. The molecule has 0 spiro atoms. The summed E-state index contributed by atoms with van der Waals surface area (Å²) in [7, 11) is 0. The molecule has 122 valence electrons. The van der Waals surface area contributed by atoms with Gasteiger partial charge in [0.1, 0.15) is 11.6 Å². The molecule has 6 heteroatoms. The summed E-state index contributed by atoms with van der Waals surface area (Å²) in [4.78, 5) is 22.1. The summed E-state index contributed by atoms with van der Waals surface area (Å²) >= 11 is 0. The van der Waals surface area contributed by atoms with Gasteiger partial charge in [-0.2, -0.15) is 5.26 Å². The number of amides is 1. The van der Waals surface area contributed by atoms with E-state index in [-0.39, 0.29) is 18.5 Å². The van der Waals surface area contributed by atoms with Crippen LogP contribution < -0.4 is 10.6 Å². The minimum Gasteiger partial charge on any atom is -0.481 e. The molecule has 1 amide bonds. The van der Waals surface area contributed by atoms with Crippen molar-refractivity contribution in [2.24, 2.45) is 0 Å². The zero-order valence-corrected chi connectivity index (χ0v) is 12.9. The first-order valence-electron chi connectivity index (χ1n) is 7.51. The van der Waals surface area contributed by atoms with Crippen LogP contribution in [-0.4, -0.2) is 30.1 Å². The molecule has 0 atom stereocenters. The molecule has 0 aliphatic heterocycles. The van der Waals surface area contributed by atoms with Crippen molar-refractivity contribution < 1.29 is 14.7 Å². The number of hydrogen-bond acceptors (Lipinski definition) is 4. The van der Waals surface area contributed by atoms with Gasteiger partial charge in [0.25, 0.3) is 5.91 Å². The van der Waals surface area contributed by atoms with Crippen LogP contribution in [0.4, 0.5) is 0 Å². The highest BCUT2D eigenvalue weighted by Crippen LogP contribution is 2.01. The molecule has 0 aliphatic carbocycles. The van der Waals surface area contributed by atoms with Crippen LogP contribution in [0.1, 0.15) is 24.8 Å². The van der Waals surface area contributed by atoms with Crippen LogP contribution in [0, 0.1) is 11.3 Å². The second-order valence-corrected chi connectivity index (χ2v) is 4.97. The third-order valence-corrected chi connectivity index (χ3v) is 3.09. The van der Waals surface area contributed by atoms with Crippen molar-refractivity contribution in [3.05, 3.63) is 47.7 Å². The number of carboxylic acid groups (broad SMARTS) is 1. The van der Waals surface area contributed by atoms with E-state index in [1.54, 1.807) is 0 Å². The van der Waals surface area contributed by atoms with Gasteiger partial charge < -0.3 is 15.7 Å². The molecular formula is C17H21N3O3. The largest absolute Gasteiger partial charge is 0.481 e. The number of carboxylic acids is 1. The number of aryl methyl sites for hydroxylation is 1. The molecule has 0 bridgehead atoms. The summed E-state index contributed by atoms with van der Waals surface area (Å²) in [5.74, 6) is -1.40. The maximum absolute atomic E-state index is 11.7. The molecule has 1 aromatic rings. The van der Waals surface area contributed by atoms with Crippen LogP contribution >= 0.6 is 0 Å². The summed E-state index contributed by atoms with van der Waals surface area (Å²) in [5, 5.41) is 22.9. The number of rotatable bonds is 10. The Hall–Kier alpha value is -2.81. The first-order valence-corrected chi connectivity index (χ1v) is 7.51. The highest BCUT2D eigenvalue weighted by molar-refractivity contribution is 5.97. The van der Waals surface area contributed by atoms with Gasteiger partial charge in [-0.1, -0.05) is 30.3 Å². The van der Waals surface area contributed by atoms with E-state index in [1.165, 1.54) is 11.8 Å². The second-order valence-electron chi connectivity index (χ2n) is 4.97. The Kier molecular flexibility index (Phi) is 8.61. The van der Waals surface area contributed by atoms with Gasteiger partial charge in [0, 0.05) is 25.7 Å². The van der Waals surface area contributed by atoms with Crippen molar-refractivity contribution in [2.45, 2.75) is 25.7 Å². The summed E-state index contributed by atoms with van der Waals surface area (Å²) in [6.45, 7) is 0.893. The fourth-order valence-electron chi connectivity index (χ4n) is 1.90. The first-order chi connectivity index (χ1) is 11.1. The van der Waals surface area contributed by atoms with E-state index in [0.29, 0.717) is 13.0 Å². The number of benzene rings is 1. The zero-order valence-electron chi connectivity index (χ0n) is 12.9. The van der Waals surface area contributed by atoms with Gasteiger partial charge in [-0.25, -0.2) is 0 Å². The fourth-order valence-corrected chi connectivity index (χ4v) is 1.90. The topological polar surface area (TPSA) is 102 Å². The van der Waals surface area contributed by atoms with Gasteiger partial charge in [0.2, 0.25) is 0 Å². The van der Waals surface area contributed by atoms with E-state index in [4.69, 9.17) is 10.4 Å². The SMILES string of the molecule is N#C/C(=C/NCCCc1ccccc1)C(=O)NCCCC(=O)O. The highest BCUT2D eigenvalue weighted by Gasteiger charge is 2.08. The molecule has 0 unspecified atom stereocenters. The standard InChI is InChI=1S/C17H21N3O3/c18-12-15(17(23)20-11-5-9-16(21)22)13-19-10-4-8-14-6-2-1-3-7-14/h1-3,6-7,13,19H,4-5,8-11H2,(H,20,23)(H,21,22)/b15-13-. The van der Waals surface area contributed by atoms with E-state index >= 15 is 0 Å². The number of carbonyl (C=O) groups excluding carboxylic acids is 1. The third-order valence-electron chi connectivity index (χ3n) is 3.09. The molecule has 0 fully saturated rings. The Morgan fingerprint density at radius 2 is 1.91 bits per heavy atom. The Bertz CT molecular complexity index is 576. The van der Waals surface area contributed by atoms with Crippen LogP contribution in [0.25, 0.3) is 0 Å². The van der Waals surface area contributed by atoms with Crippen LogP contribution in [0.15, 0.2) is 42.1 Å². The Morgan fingerprint density at radius 1 is 1.17 bits per heavy atom. The van der Waals surface area contributed by atoms with Crippen molar-refractivity contribution in [3.8, 4) is 6.07 Å². The minimum absolute atomic E-state index is 0.0103. The van der Waals surface area contributed by atoms with E-state index in [9.17, 15) is 9.59 Å². The quantitative estimate of drug-likeness (QED) is 0.346. The van der Waals surface area contributed by atoms with Gasteiger partial charge >= 0.3 is 5.97 Å². The van der Waals surface area contributed by atoms with Crippen LogP contribution in [0.3, 0.4) is 0 Å². The Labute approximate surface area is 135 Å². The normalized spacial score (nSPS) is 10.7. The van der Waals surface area contributed by atoms with Crippen LogP contribution in [0.2, 0.25) is 0 Å². The van der Waals surface area contributed by atoms with E-state index in [0.717, 1.165) is 12.8 Å². The van der Waals surface area contributed by atoms with Crippen molar-refractivity contribution >= 4 is 11.9 Å². The monoisotopic (exact) mass is 315 g/mol. The molecule has 6 nitrogen and oxygen atoms in total. The Balaban J connectivity index is 2.25. The lowest BCUT2D eigenvalue weighted by molar-refractivity contribution is -0.137. The van der Waals surface area contributed by atoms with Gasteiger partial charge in [-0.3, -0.25) is 9.59 Å². The molecular weight excluding hydrogens is 294 g/mol. The smallest absolute Gasteiger partial charge is 0.303 e. The number of nitrogens with zero attached hydrogens (tertiary/aromatic N) is 1. The lowest BCUT2D eigenvalue weighted by Crippen LogP contribution is -2.27. The van der Waals surface area contributed by atoms with E-state index in [2.05, 4.69) is 22.8 Å². The molecule has 1 aromatic carbocycles. The molecule has 0 saturated heterocycles. The van der Waals surface area contributed by atoms with Crippen LogP contribution in [-0.2, 0) is 16.0 Å². The molecule has 0 aliphatic rings. The molecule has 0 heterocycles. The first kappa shape index (κ1) is 18.2. The Morgan fingerprint density at radius 3 is 2.57 bits per heavy atom. The third kappa shape index (κ3) is 8.27. The summed E-state index contributed by atoms with van der Waals surface area (Å²) in [6.07, 6.45) is 3.54. The number of hydrogen-bond donors (Lipinski definition) is 3. The predicted molar refractivity (Wildman–Crippen MR) is 86.3 cm³/mol. The van der Waals surface area contributed by atoms with Crippen molar-refractivity contribution in [1.29, 1.82) is 5.26 Å². The van der Waals surface area contributed by atoms with Gasteiger partial charge in [0.05, 0.1) is 0 Å². The van der Waals surface area contributed by atoms with Gasteiger partial charge in [-0.15, -0.1) is 0 Å². The highest BCUT2D eigenvalue weighted by atomic mass is 16.4.